The summed E-state index contributed by atoms with van der Waals surface area (Å²) in [6.45, 7) is 0.485. The second-order valence-corrected chi connectivity index (χ2v) is 5.11. The first-order valence-corrected chi connectivity index (χ1v) is 6.92. The lowest BCUT2D eigenvalue weighted by Gasteiger charge is -2.08. The molecule has 0 aliphatic rings. The van der Waals surface area contributed by atoms with Crippen molar-refractivity contribution in [3.63, 3.8) is 0 Å². The van der Waals surface area contributed by atoms with Gasteiger partial charge in [-0.3, -0.25) is 4.79 Å². The Morgan fingerprint density at radius 2 is 2.00 bits per heavy atom. The maximum Gasteiger partial charge on any atom is 0.325 e. The molecule has 0 aliphatic heterocycles. The van der Waals surface area contributed by atoms with Gasteiger partial charge in [0.25, 0.3) is 0 Å². The van der Waals surface area contributed by atoms with Gasteiger partial charge in [-0.05, 0) is 24.1 Å². The van der Waals surface area contributed by atoms with Crippen LogP contribution >= 0.6 is 31.9 Å². The lowest BCUT2D eigenvalue weighted by atomic mass is 10.2. The van der Waals surface area contributed by atoms with Crippen molar-refractivity contribution in [1.29, 1.82) is 0 Å². The number of hydrogen-bond donors (Lipinski definition) is 1. The monoisotopic (exact) mass is 349 g/mol. The number of nitrogens with two attached hydrogens (primary N) is 1. The van der Waals surface area contributed by atoms with Crippen molar-refractivity contribution in [3.8, 4) is 5.75 Å². The van der Waals surface area contributed by atoms with E-state index in [-0.39, 0.29) is 10.8 Å². The highest BCUT2D eigenvalue weighted by atomic mass is 79.9. The fourth-order valence-corrected chi connectivity index (χ4v) is 2.48. The number of ether oxygens (including phenoxy) is 1. The third-order valence-corrected chi connectivity index (χ3v) is 3.29. The molecule has 0 radical (unpaired) electrons. The molecular formula is C11H13Br2NO2. The summed E-state index contributed by atoms with van der Waals surface area (Å²) < 4.78 is 5.18. The number of carbonyl (C=O) groups excluding carboxylic acids is 1. The van der Waals surface area contributed by atoms with Gasteiger partial charge in [0.15, 0.2) is 0 Å². The van der Waals surface area contributed by atoms with Gasteiger partial charge in [0.05, 0.1) is 0 Å². The minimum Gasteiger partial charge on any atom is -0.426 e. The van der Waals surface area contributed by atoms with Gasteiger partial charge in [-0.2, -0.15) is 0 Å². The van der Waals surface area contributed by atoms with E-state index in [1.54, 1.807) is 12.1 Å². The molecule has 0 unspecified atom stereocenters. The van der Waals surface area contributed by atoms with Crippen LogP contribution in [0.5, 0.6) is 5.75 Å². The Labute approximate surface area is 112 Å². The minimum absolute atomic E-state index is 0.277. The first-order valence-electron chi connectivity index (χ1n) is 4.88. The molecule has 2 N–H and O–H groups in total. The molecule has 0 amide bonds. The van der Waals surface area contributed by atoms with Gasteiger partial charge in [0.1, 0.15) is 10.6 Å². The Bertz CT molecular complexity index is 340. The summed E-state index contributed by atoms with van der Waals surface area (Å²) in [5, 5.41) is 0.754. The summed E-state index contributed by atoms with van der Waals surface area (Å²) in [6, 6.07) is 7.18. The van der Waals surface area contributed by atoms with Gasteiger partial charge >= 0.3 is 5.97 Å². The van der Waals surface area contributed by atoms with Crippen LogP contribution in [0.3, 0.4) is 0 Å². The molecule has 0 spiro atoms. The average Bonchev–Trinajstić information content (AvgIpc) is 2.30. The highest BCUT2D eigenvalue weighted by Crippen LogP contribution is 2.15. The molecule has 1 aromatic carbocycles. The minimum atomic E-state index is -0.278. The number of carbonyl (C=O) groups is 1. The third kappa shape index (κ3) is 4.23. The van der Waals surface area contributed by atoms with E-state index in [1.807, 2.05) is 12.1 Å². The molecule has 1 rings (SSSR count). The Morgan fingerprint density at radius 1 is 1.38 bits per heavy atom. The zero-order valence-electron chi connectivity index (χ0n) is 8.66. The number of benzene rings is 1. The van der Waals surface area contributed by atoms with Crippen LogP contribution < -0.4 is 10.5 Å². The molecule has 0 bridgehead atoms. The van der Waals surface area contributed by atoms with E-state index < -0.39 is 0 Å². The summed E-state index contributed by atoms with van der Waals surface area (Å²) >= 11 is 6.54. The van der Waals surface area contributed by atoms with E-state index in [9.17, 15) is 4.79 Å². The zero-order valence-corrected chi connectivity index (χ0v) is 11.8. The molecule has 0 saturated heterocycles. The van der Waals surface area contributed by atoms with E-state index in [0.717, 1.165) is 10.9 Å². The van der Waals surface area contributed by atoms with Crippen molar-refractivity contribution < 1.29 is 9.53 Å². The fourth-order valence-electron chi connectivity index (χ4n) is 1.09. The summed E-state index contributed by atoms with van der Waals surface area (Å²) in [6.07, 6.45) is 0.694. The molecule has 16 heavy (non-hydrogen) atoms. The standard InChI is InChI=1S/C11H13Br2NO2/c12-6-5-10(13)11(15)16-9-3-1-8(7-14)2-4-9/h1-4,10H,5-7,14H2/t10-/m1/s1. The van der Waals surface area contributed by atoms with Gasteiger partial charge in [0.2, 0.25) is 0 Å². The van der Waals surface area contributed by atoms with Gasteiger partial charge < -0.3 is 10.5 Å². The number of hydrogen-bond acceptors (Lipinski definition) is 3. The molecule has 0 aromatic heterocycles. The quantitative estimate of drug-likeness (QED) is 0.504. The second kappa shape index (κ2) is 7.04. The molecule has 5 heteroatoms. The lowest BCUT2D eigenvalue weighted by Crippen LogP contribution is -2.20. The fraction of sp³-hybridized carbons (Fsp3) is 0.364. The van der Waals surface area contributed by atoms with Crippen LogP contribution in [0, 0.1) is 0 Å². The van der Waals surface area contributed by atoms with Gasteiger partial charge in [-0.1, -0.05) is 44.0 Å². The number of alkyl halides is 2. The SMILES string of the molecule is NCc1ccc(OC(=O)[C@H](Br)CCBr)cc1. The maximum atomic E-state index is 11.5. The number of esters is 1. The third-order valence-electron chi connectivity index (χ3n) is 2.00. The Hall–Kier alpha value is -0.390. The van der Waals surface area contributed by atoms with Crippen LogP contribution in [0.2, 0.25) is 0 Å². The van der Waals surface area contributed by atoms with Crippen LogP contribution in [0.15, 0.2) is 24.3 Å². The Kier molecular flexibility index (Phi) is 6.01. The zero-order chi connectivity index (χ0) is 12.0. The van der Waals surface area contributed by atoms with Crippen LogP contribution in [0.1, 0.15) is 12.0 Å². The van der Waals surface area contributed by atoms with Crippen molar-refractivity contribution >= 4 is 37.8 Å². The van der Waals surface area contributed by atoms with E-state index in [2.05, 4.69) is 31.9 Å². The van der Waals surface area contributed by atoms with Crippen molar-refractivity contribution in [3.05, 3.63) is 29.8 Å². The van der Waals surface area contributed by atoms with E-state index in [1.165, 1.54) is 0 Å². The predicted octanol–water partition coefficient (Wildman–Crippen LogP) is 2.60. The molecule has 0 fully saturated rings. The van der Waals surface area contributed by atoms with Gasteiger partial charge in [-0.25, -0.2) is 0 Å². The van der Waals surface area contributed by atoms with E-state index in [4.69, 9.17) is 10.5 Å². The van der Waals surface area contributed by atoms with Crippen molar-refractivity contribution in [2.24, 2.45) is 5.73 Å². The summed E-state index contributed by atoms with van der Waals surface area (Å²) in [4.78, 5) is 11.3. The second-order valence-electron chi connectivity index (χ2n) is 3.21. The summed E-state index contributed by atoms with van der Waals surface area (Å²) in [5.74, 6) is 0.265. The van der Waals surface area contributed by atoms with Gasteiger partial charge in [-0.15, -0.1) is 0 Å². The summed E-state index contributed by atoms with van der Waals surface area (Å²) in [7, 11) is 0. The molecule has 0 aliphatic carbocycles. The van der Waals surface area contributed by atoms with Crippen molar-refractivity contribution in [2.45, 2.75) is 17.8 Å². The average molecular weight is 351 g/mol. The van der Waals surface area contributed by atoms with E-state index in [0.29, 0.717) is 18.7 Å². The molecule has 3 nitrogen and oxygen atoms in total. The topological polar surface area (TPSA) is 52.3 Å². The Morgan fingerprint density at radius 3 is 2.50 bits per heavy atom. The van der Waals surface area contributed by atoms with Crippen molar-refractivity contribution in [1.82, 2.24) is 0 Å². The normalized spacial score (nSPS) is 12.2. The smallest absolute Gasteiger partial charge is 0.325 e. The van der Waals surface area contributed by atoms with E-state index >= 15 is 0 Å². The summed E-state index contributed by atoms with van der Waals surface area (Å²) in [5.41, 5.74) is 6.48. The highest BCUT2D eigenvalue weighted by Gasteiger charge is 2.16. The molecule has 1 atom stereocenters. The Balaban J connectivity index is 2.55. The van der Waals surface area contributed by atoms with Crippen LogP contribution in [-0.4, -0.2) is 16.1 Å². The largest absolute Gasteiger partial charge is 0.426 e. The van der Waals surface area contributed by atoms with Gasteiger partial charge in [0, 0.05) is 11.9 Å². The lowest BCUT2D eigenvalue weighted by molar-refractivity contribution is -0.133. The highest BCUT2D eigenvalue weighted by molar-refractivity contribution is 9.10. The first kappa shape index (κ1) is 13.7. The van der Waals surface area contributed by atoms with Crippen LogP contribution in [0.4, 0.5) is 0 Å². The predicted molar refractivity (Wildman–Crippen MR) is 71.1 cm³/mol. The van der Waals surface area contributed by atoms with Crippen LogP contribution in [-0.2, 0) is 11.3 Å². The maximum absolute atomic E-state index is 11.5. The molecular weight excluding hydrogens is 338 g/mol. The molecule has 88 valence electrons. The number of halogens is 2. The van der Waals surface area contributed by atoms with Crippen molar-refractivity contribution in [2.75, 3.05) is 5.33 Å². The number of rotatable bonds is 5. The first-order chi connectivity index (χ1) is 7.67. The molecule has 0 heterocycles. The molecule has 0 saturated carbocycles. The van der Waals surface area contributed by atoms with Crippen LogP contribution in [0.25, 0.3) is 0 Å². The molecule has 1 aromatic rings.